The molecule has 0 spiro atoms. The Morgan fingerprint density at radius 1 is 1.29 bits per heavy atom. The zero-order chi connectivity index (χ0) is 15.0. The number of hydrogen-bond donors (Lipinski definition) is 2. The molecule has 0 atom stereocenters. The number of benzene rings is 1. The van der Waals surface area contributed by atoms with E-state index in [1.165, 1.54) is 4.90 Å². The van der Waals surface area contributed by atoms with Crippen LogP contribution in [0.1, 0.15) is 16.9 Å². The lowest BCUT2D eigenvalue weighted by Crippen LogP contribution is -2.49. The van der Waals surface area contributed by atoms with Crippen LogP contribution in [0, 0.1) is 0 Å². The predicted octanol–water partition coefficient (Wildman–Crippen LogP) is 0.774. The van der Waals surface area contributed by atoms with E-state index in [0.717, 1.165) is 6.33 Å². The Morgan fingerprint density at radius 3 is 2.81 bits per heavy atom. The number of fused-ring (bicyclic) bond motifs is 1. The third-order valence-electron chi connectivity index (χ3n) is 3.19. The number of aromatic nitrogens is 2. The summed E-state index contributed by atoms with van der Waals surface area (Å²) in [5.74, 6) is -1.50. The number of carboxylic acid groups (broad SMARTS) is 1. The molecule has 0 bridgehead atoms. The predicted molar refractivity (Wildman–Crippen MR) is 72.0 cm³/mol. The Bertz CT molecular complexity index is 774. The first-order valence-electron chi connectivity index (χ1n) is 6.16. The molecule has 2 heterocycles. The number of carbonyl (C=O) groups is 3. The normalized spacial score (nSPS) is 15.1. The summed E-state index contributed by atoms with van der Waals surface area (Å²) in [6.07, 6.45) is 1.32. The van der Waals surface area contributed by atoms with Gasteiger partial charge < -0.3 is 5.11 Å². The summed E-state index contributed by atoms with van der Waals surface area (Å²) in [6, 6.07) is 4.30. The molecule has 2 N–H and O–H groups in total. The number of imide groups is 1. The van der Waals surface area contributed by atoms with Crippen LogP contribution >= 0.6 is 0 Å². The van der Waals surface area contributed by atoms with Gasteiger partial charge in [-0.05, 0) is 6.07 Å². The fourth-order valence-corrected chi connectivity index (χ4v) is 2.25. The number of para-hydroxylation sites is 1. The Morgan fingerprint density at radius 2 is 2.10 bits per heavy atom. The Kier molecular flexibility index (Phi) is 2.98. The minimum Gasteiger partial charge on any atom is -0.476 e. The van der Waals surface area contributed by atoms with Crippen LogP contribution in [0.25, 0.3) is 10.9 Å². The van der Waals surface area contributed by atoms with Crippen molar-refractivity contribution >= 4 is 34.5 Å². The molecule has 0 unspecified atom stereocenters. The van der Waals surface area contributed by atoms with Crippen molar-refractivity contribution < 1.29 is 19.5 Å². The van der Waals surface area contributed by atoms with Gasteiger partial charge in [0.1, 0.15) is 6.33 Å². The lowest BCUT2D eigenvalue weighted by molar-refractivity contribution is -0.120. The van der Waals surface area contributed by atoms with E-state index in [4.69, 9.17) is 5.11 Å². The van der Waals surface area contributed by atoms with E-state index >= 15 is 0 Å². The minimum absolute atomic E-state index is 0.129. The van der Waals surface area contributed by atoms with Gasteiger partial charge in [-0.2, -0.15) is 0 Å². The molecule has 3 amide bonds. The first-order chi connectivity index (χ1) is 10.1. The first-order valence-corrected chi connectivity index (χ1v) is 6.16. The zero-order valence-electron chi connectivity index (χ0n) is 10.7. The summed E-state index contributed by atoms with van der Waals surface area (Å²) >= 11 is 0. The lowest BCUT2D eigenvalue weighted by Gasteiger charge is -2.27. The number of rotatable bonds is 2. The van der Waals surface area contributed by atoms with Crippen LogP contribution in [-0.2, 0) is 4.79 Å². The summed E-state index contributed by atoms with van der Waals surface area (Å²) < 4.78 is 0. The number of carbonyl (C=O) groups excluding carboxylic acids is 2. The average molecular weight is 286 g/mol. The van der Waals surface area contributed by atoms with Gasteiger partial charge in [0.15, 0.2) is 5.69 Å². The van der Waals surface area contributed by atoms with E-state index in [9.17, 15) is 14.4 Å². The van der Waals surface area contributed by atoms with Gasteiger partial charge in [0, 0.05) is 18.4 Å². The smallest absolute Gasteiger partial charge is 0.355 e. The maximum atomic E-state index is 11.9. The molecule has 3 rings (SSSR count). The van der Waals surface area contributed by atoms with E-state index in [1.54, 1.807) is 18.2 Å². The number of carboxylic acids is 1. The molecule has 21 heavy (non-hydrogen) atoms. The number of amides is 3. The van der Waals surface area contributed by atoms with E-state index in [0.29, 0.717) is 16.6 Å². The van der Waals surface area contributed by atoms with Crippen LogP contribution in [0.15, 0.2) is 24.5 Å². The highest BCUT2D eigenvalue weighted by Crippen LogP contribution is 2.27. The summed E-state index contributed by atoms with van der Waals surface area (Å²) in [4.78, 5) is 43.5. The second kappa shape index (κ2) is 4.82. The molecule has 1 aromatic heterocycles. The van der Waals surface area contributed by atoms with Gasteiger partial charge in [-0.25, -0.2) is 19.6 Å². The van der Waals surface area contributed by atoms with Crippen molar-refractivity contribution in [1.29, 1.82) is 0 Å². The van der Waals surface area contributed by atoms with Gasteiger partial charge in [0.05, 0.1) is 11.2 Å². The third-order valence-corrected chi connectivity index (χ3v) is 3.19. The van der Waals surface area contributed by atoms with Crippen LogP contribution < -0.4 is 10.2 Å². The number of aromatic carboxylic acids is 1. The third kappa shape index (κ3) is 2.16. The van der Waals surface area contributed by atoms with Gasteiger partial charge in [0.2, 0.25) is 5.91 Å². The maximum absolute atomic E-state index is 11.9. The van der Waals surface area contributed by atoms with Crippen molar-refractivity contribution in [1.82, 2.24) is 15.3 Å². The molecular weight excluding hydrogens is 276 g/mol. The van der Waals surface area contributed by atoms with Crippen LogP contribution in [0.4, 0.5) is 10.5 Å². The maximum Gasteiger partial charge on any atom is 0.355 e. The van der Waals surface area contributed by atoms with E-state index in [-0.39, 0.29) is 24.6 Å². The largest absolute Gasteiger partial charge is 0.476 e. The van der Waals surface area contributed by atoms with Crippen LogP contribution in [0.3, 0.4) is 0 Å². The molecule has 1 aliphatic rings. The topological polar surface area (TPSA) is 112 Å². The molecule has 0 saturated carbocycles. The van der Waals surface area contributed by atoms with Gasteiger partial charge in [-0.15, -0.1) is 0 Å². The second-order valence-electron chi connectivity index (χ2n) is 4.46. The lowest BCUT2D eigenvalue weighted by atomic mass is 10.1. The zero-order valence-corrected chi connectivity index (χ0v) is 10.7. The fourth-order valence-electron chi connectivity index (χ4n) is 2.25. The monoisotopic (exact) mass is 286 g/mol. The number of urea groups is 1. The number of hydrogen-bond acceptors (Lipinski definition) is 5. The molecule has 2 aromatic rings. The van der Waals surface area contributed by atoms with Crippen molar-refractivity contribution in [2.75, 3.05) is 11.4 Å². The molecule has 0 aliphatic carbocycles. The molecular formula is C13H10N4O4. The molecule has 1 aliphatic heterocycles. The fraction of sp³-hybridized carbons (Fsp3) is 0.154. The molecule has 106 valence electrons. The average Bonchev–Trinajstić information content (AvgIpc) is 2.46. The Hall–Kier alpha value is -3.03. The Labute approximate surface area is 118 Å². The van der Waals surface area contributed by atoms with Crippen molar-refractivity contribution in [3.63, 3.8) is 0 Å². The summed E-state index contributed by atoms with van der Waals surface area (Å²) in [6.45, 7) is 0.218. The van der Waals surface area contributed by atoms with Crippen LogP contribution in [-0.4, -0.2) is 39.5 Å². The Balaban J connectivity index is 2.16. The van der Waals surface area contributed by atoms with Gasteiger partial charge >= 0.3 is 12.0 Å². The van der Waals surface area contributed by atoms with E-state index < -0.39 is 12.0 Å². The number of nitrogens with zero attached hydrogens (tertiary/aromatic N) is 3. The van der Waals surface area contributed by atoms with Gasteiger partial charge in [-0.3, -0.25) is 15.0 Å². The molecule has 1 fully saturated rings. The van der Waals surface area contributed by atoms with E-state index in [1.807, 2.05) is 0 Å². The highest BCUT2D eigenvalue weighted by atomic mass is 16.4. The summed E-state index contributed by atoms with van der Waals surface area (Å²) in [5.41, 5.74) is 0.673. The number of nitrogens with one attached hydrogen (secondary N) is 1. The summed E-state index contributed by atoms with van der Waals surface area (Å²) in [7, 11) is 0. The SMILES string of the molecule is O=C1CCN(c2cccc3c(C(=O)O)ncnc23)C(=O)N1. The number of anilines is 1. The molecule has 1 aromatic carbocycles. The quantitative estimate of drug-likeness (QED) is 0.843. The second-order valence-corrected chi connectivity index (χ2v) is 4.46. The van der Waals surface area contributed by atoms with Crippen LogP contribution in [0.2, 0.25) is 0 Å². The molecule has 8 heteroatoms. The highest BCUT2D eigenvalue weighted by Gasteiger charge is 2.26. The standard InChI is InChI=1S/C13H10N4O4/c18-9-4-5-17(13(21)16-9)8-3-1-2-7-10(8)14-6-15-11(7)12(19)20/h1-3,6H,4-5H2,(H,19,20)(H,16,18,21). The minimum atomic E-state index is -1.17. The molecule has 1 saturated heterocycles. The van der Waals surface area contributed by atoms with Crippen LogP contribution in [0.5, 0.6) is 0 Å². The van der Waals surface area contributed by atoms with Gasteiger partial charge in [0.25, 0.3) is 0 Å². The summed E-state index contributed by atoms with van der Waals surface area (Å²) in [5, 5.41) is 11.7. The van der Waals surface area contributed by atoms with Crippen molar-refractivity contribution in [2.24, 2.45) is 0 Å². The van der Waals surface area contributed by atoms with Crippen molar-refractivity contribution in [3.8, 4) is 0 Å². The first kappa shape index (κ1) is 13.0. The van der Waals surface area contributed by atoms with E-state index in [2.05, 4.69) is 15.3 Å². The van der Waals surface area contributed by atoms with Crippen molar-refractivity contribution in [2.45, 2.75) is 6.42 Å². The highest BCUT2D eigenvalue weighted by molar-refractivity contribution is 6.11. The molecule has 0 radical (unpaired) electrons. The van der Waals surface area contributed by atoms with Crippen molar-refractivity contribution in [3.05, 3.63) is 30.2 Å². The van der Waals surface area contributed by atoms with Gasteiger partial charge in [-0.1, -0.05) is 12.1 Å². The molecule has 8 nitrogen and oxygen atoms in total.